The first kappa shape index (κ1) is 24.3. The minimum Gasteiger partial charge on any atom is -0.496 e. The number of hydrogen-bond donors (Lipinski definition) is 2. The van der Waals surface area contributed by atoms with Gasteiger partial charge in [0.05, 0.1) is 30.2 Å². The van der Waals surface area contributed by atoms with Gasteiger partial charge < -0.3 is 15.6 Å². The molecule has 1 unspecified atom stereocenters. The van der Waals surface area contributed by atoms with Gasteiger partial charge in [-0.2, -0.15) is 10.4 Å². The van der Waals surface area contributed by atoms with Crippen molar-refractivity contribution in [2.24, 2.45) is 0 Å². The Labute approximate surface area is 199 Å². The van der Waals surface area contributed by atoms with Crippen LogP contribution in [0.4, 0.5) is 14.6 Å². The average Bonchev–Trinajstić information content (AvgIpc) is 3.19. The second kappa shape index (κ2) is 9.07. The van der Waals surface area contributed by atoms with Gasteiger partial charge in [0.25, 0.3) is 6.43 Å². The molecule has 0 radical (unpaired) electrons. The number of aromatic nitrogens is 4. The summed E-state index contributed by atoms with van der Waals surface area (Å²) in [4.78, 5) is 21.1. The minimum absolute atomic E-state index is 0.0153. The van der Waals surface area contributed by atoms with E-state index in [0.29, 0.717) is 30.0 Å². The van der Waals surface area contributed by atoms with Crippen molar-refractivity contribution >= 4 is 22.8 Å². The molecule has 0 bridgehead atoms. The molecule has 0 amide bonds. The number of ether oxygens (including phenoxy) is 1. The van der Waals surface area contributed by atoms with Crippen molar-refractivity contribution in [3.05, 3.63) is 40.3 Å². The number of likely N-dealkylation sites (tertiary alicyclic amines) is 1. The summed E-state index contributed by atoms with van der Waals surface area (Å²) in [6.45, 7) is 6.16. The standard InChI is InChI=1S/C23H25F2N7O3/c1-10-13(6-26)5-15(19(35-4)16(10)14-7-31(8-14)12(3)23(33)34)11(2)32-22-17(18(30-32)20(24)25)21(27)28-9-29-22/h5,9,11-12,14,20H,7-8H2,1-4H3,(H,33,34)(H2,27,28,29)/t11?,12-/m0/s1. The fourth-order valence-electron chi connectivity index (χ4n) is 4.69. The molecule has 0 saturated carbocycles. The lowest BCUT2D eigenvalue weighted by molar-refractivity contribution is -0.144. The summed E-state index contributed by atoms with van der Waals surface area (Å²) in [6, 6.07) is 2.59. The smallest absolute Gasteiger partial charge is 0.320 e. The van der Waals surface area contributed by atoms with Crippen LogP contribution >= 0.6 is 0 Å². The van der Waals surface area contributed by atoms with Crippen molar-refractivity contribution in [3.8, 4) is 11.8 Å². The number of nitriles is 1. The van der Waals surface area contributed by atoms with Gasteiger partial charge in [0.2, 0.25) is 0 Å². The van der Waals surface area contributed by atoms with E-state index in [4.69, 9.17) is 10.5 Å². The molecule has 3 heterocycles. The molecule has 4 rings (SSSR count). The van der Waals surface area contributed by atoms with Gasteiger partial charge in [-0.1, -0.05) is 0 Å². The van der Waals surface area contributed by atoms with E-state index in [9.17, 15) is 23.9 Å². The fourth-order valence-corrected chi connectivity index (χ4v) is 4.69. The third-order valence-corrected chi connectivity index (χ3v) is 6.73. The average molecular weight is 485 g/mol. The van der Waals surface area contributed by atoms with E-state index < -0.39 is 30.2 Å². The Kier molecular flexibility index (Phi) is 6.29. The molecular formula is C23H25F2N7O3. The van der Waals surface area contributed by atoms with Crippen molar-refractivity contribution in [2.45, 2.75) is 45.2 Å². The van der Waals surface area contributed by atoms with Crippen LogP contribution in [0.3, 0.4) is 0 Å². The van der Waals surface area contributed by atoms with Gasteiger partial charge in [-0.3, -0.25) is 9.69 Å². The van der Waals surface area contributed by atoms with Gasteiger partial charge in [-0.15, -0.1) is 0 Å². The van der Waals surface area contributed by atoms with Crippen LogP contribution in [-0.2, 0) is 4.79 Å². The van der Waals surface area contributed by atoms with Crippen LogP contribution in [0.5, 0.6) is 5.75 Å². The van der Waals surface area contributed by atoms with E-state index in [1.165, 1.54) is 18.1 Å². The van der Waals surface area contributed by atoms with Crippen molar-refractivity contribution in [1.29, 1.82) is 5.26 Å². The molecule has 0 aliphatic carbocycles. The van der Waals surface area contributed by atoms with Crippen molar-refractivity contribution in [3.63, 3.8) is 0 Å². The normalized spacial score (nSPS) is 16.2. The molecule has 1 aromatic carbocycles. The zero-order valence-electron chi connectivity index (χ0n) is 19.7. The molecule has 1 aliphatic rings. The lowest BCUT2D eigenvalue weighted by Gasteiger charge is -2.43. The molecule has 184 valence electrons. The first-order valence-electron chi connectivity index (χ1n) is 11.0. The Balaban J connectivity index is 1.85. The van der Waals surface area contributed by atoms with Crippen LogP contribution in [-0.4, -0.2) is 62.0 Å². The zero-order chi connectivity index (χ0) is 25.6. The minimum atomic E-state index is -2.89. The van der Waals surface area contributed by atoms with E-state index in [1.54, 1.807) is 19.9 Å². The number of halogens is 2. The first-order valence-corrected chi connectivity index (χ1v) is 11.0. The van der Waals surface area contributed by atoms with E-state index in [2.05, 4.69) is 21.1 Å². The topological polar surface area (TPSA) is 143 Å². The number of aliphatic carboxylic acids is 1. The number of carboxylic acids is 1. The molecule has 35 heavy (non-hydrogen) atoms. The van der Waals surface area contributed by atoms with Crippen LogP contribution < -0.4 is 10.5 Å². The molecule has 0 spiro atoms. The van der Waals surface area contributed by atoms with E-state index in [0.717, 1.165) is 11.1 Å². The Morgan fingerprint density at radius 3 is 2.60 bits per heavy atom. The number of alkyl halides is 2. The number of carbonyl (C=O) groups is 1. The number of hydrogen-bond acceptors (Lipinski definition) is 8. The number of fused-ring (bicyclic) bond motifs is 1. The predicted octanol–water partition coefficient (Wildman–Crippen LogP) is 3.02. The molecular weight excluding hydrogens is 460 g/mol. The number of nitrogens with zero attached hydrogens (tertiary/aromatic N) is 6. The lowest BCUT2D eigenvalue weighted by Crippen LogP contribution is -2.52. The van der Waals surface area contributed by atoms with Crippen LogP contribution in [0.1, 0.15) is 60.2 Å². The van der Waals surface area contributed by atoms with E-state index >= 15 is 0 Å². The summed E-state index contributed by atoms with van der Waals surface area (Å²) < 4.78 is 34.6. The highest BCUT2D eigenvalue weighted by Gasteiger charge is 2.38. The first-order chi connectivity index (χ1) is 16.6. The molecule has 12 heteroatoms. The fraction of sp³-hybridized carbons (Fsp3) is 0.435. The number of nitrogen functional groups attached to an aromatic ring is 1. The lowest BCUT2D eigenvalue weighted by atomic mass is 9.82. The van der Waals surface area contributed by atoms with E-state index in [1.807, 2.05) is 11.8 Å². The monoisotopic (exact) mass is 485 g/mol. The van der Waals surface area contributed by atoms with Crippen LogP contribution in [0.2, 0.25) is 0 Å². The van der Waals surface area contributed by atoms with Crippen molar-refractivity contribution in [2.75, 3.05) is 25.9 Å². The summed E-state index contributed by atoms with van der Waals surface area (Å²) in [5, 5.41) is 23.2. The molecule has 2 atom stereocenters. The zero-order valence-corrected chi connectivity index (χ0v) is 19.7. The van der Waals surface area contributed by atoms with Gasteiger partial charge in [-0.25, -0.2) is 23.4 Å². The quantitative estimate of drug-likeness (QED) is 0.516. The second-order valence-electron chi connectivity index (χ2n) is 8.63. The Bertz CT molecular complexity index is 1350. The van der Waals surface area contributed by atoms with Crippen molar-refractivity contribution < 1.29 is 23.4 Å². The number of rotatable bonds is 7. The largest absolute Gasteiger partial charge is 0.496 e. The number of carboxylic acid groups (broad SMARTS) is 1. The van der Waals surface area contributed by atoms with Gasteiger partial charge in [0.15, 0.2) is 5.65 Å². The summed E-state index contributed by atoms with van der Waals surface area (Å²) in [5.41, 5.74) is 8.00. The van der Waals surface area contributed by atoms with Crippen LogP contribution in [0, 0.1) is 18.3 Å². The maximum Gasteiger partial charge on any atom is 0.320 e. The summed E-state index contributed by atoms with van der Waals surface area (Å²) in [5.74, 6) is -0.560. The van der Waals surface area contributed by atoms with Crippen LogP contribution in [0.15, 0.2) is 12.4 Å². The third-order valence-electron chi connectivity index (χ3n) is 6.73. The summed E-state index contributed by atoms with van der Waals surface area (Å²) in [7, 11) is 1.50. The molecule has 1 saturated heterocycles. The molecule has 1 fully saturated rings. The predicted molar refractivity (Wildman–Crippen MR) is 122 cm³/mol. The van der Waals surface area contributed by atoms with Crippen molar-refractivity contribution in [1.82, 2.24) is 24.6 Å². The Morgan fingerprint density at radius 1 is 1.34 bits per heavy atom. The number of anilines is 1. The molecule has 2 aromatic heterocycles. The highest BCUT2D eigenvalue weighted by atomic mass is 19.3. The molecule has 3 N–H and O–H groups in total. The summed E-state index contributed by atoms with van der Waals surface area (Å²) >= 11 is 0. The molecule has 3 aromatic rings. The Hall–Kier alpha value is -3.85. The van der Waals surface area contributed by atoms with Gasteiger partial charge in [0, 0.05) is 30.1 Å². The molecule has 1 aliphatic heterocycles. The number of methoxy groups -OCH3 is 1. The van der Waals surface area contributed by atoms with Gasteiger partial charge >= 0.3 is 5.97 Å². The second-order valence-corrected chi connectivity index (χ2v) is 8.63. The van der Waals surface area contributed by atoms with Crippen LogP contribution in [0.25, 0.3) is 11.0 Å². The third kappa shape index (κ3) is 3.91. The number of benzene rings is 1. The maximum atomic E-state index is 13.8. The van der Waals surface area contributed by atoms with Gasteiger partial charge in [0.1, 0.15) is 29.6 Å². The van der Waals surface area contributed by atoms with E-state index in [-0.39, 0.29) is 22.8 Å². The SMILES string of the molecule is COc1c(C(C)n2nc(C(F)F)c3c(N)ncnc32)cc(C#N)c(C)c1C1CN([C@@H](C)C(=O)O)C1. The Morgan fingerprint density at radius 2 is 2.03 bits per heavy atom. The molecule has 10 nitrogen and oxygen atoms in total. The highest BCUT2D eigenvalue weighted by molar-refractivity contribution is 5.88. The highest BCUT2D eigenvalue weighted by Crippen LogP contribution is 2.43. The van der Waals surface area contributed by atoms with Gasteiger partial charge in [-0.05, 0) is 32.4 Å². The number of nitrogens with two attached hydrogens (primary N) is 1. The summed E-state index contributed by atoms with van der Waals surface area (Å²) in [6.07, 6.45) is -1.70. The maximum absolute atomic E-state index is 13.8.